The van der Waals surface area contributed by atoms with E-state index in [9.17, 15) is 0 Å². The lowest BCUT2D eigenvalue weighted by Crippen LogP contribution is -2.59. The number of nitrogens with one attached hydrogen (secondary N) is 1. The maximum Gasteiger partial charge on any atom is 0.0262 e. The van der Waals surface area contributed by atoms with E-state index >= 15 is 0 Å². The Bertz CT molecular complexity index is 144. The molecule has 0 aliphatic carbocycles. The van der Waals surface area contributed by atoms with Crippen LogP contribution >= 0.6 is 0 Å². The molecule has 0 aromatic rings. The second kappa shape index (κ2) is 5.66. The van der Waals surface area contributed by atoms with E-state index in [0.717, 1.165) is 32.7 Å². The molecule has 14 heavy (non-hydrogen) atoms. The van der Waals surface area contributed by atoms with Gasteiger partial charge in [0.05, 0.1) is 0 Å². The SMILES string of the molecule is CC(CN)C1CNCCN1C(C)CN. The first-order chi connectivity index (χ1) is 6.70. The predicted molar refractivity (Wildman–Crippen MR) is 60.1 cm³/mol. The standard InChI is InChI=1S/C10H24N4/c1-8(5-11)10-7-13-3-4-14(10)9(2)6-12/h8-10,13H,3-7,11-12H2,1-2H3. The van der Waals surface area contributed by atoms with Crippen LogP contribution in [0.3, 0.4) is 0 Å². The zero-order valence-corrected chi connectivity index (χ0v) is 9.37. The van der Waals surface area contributed by atoms with Gasteiger partial charge in [-0.1, -0.05) is 6.92 Å². The molecule has 5 N–H and O–H groups in total. The Kier molecular flexibility index (Phi) is 4.81. The largest absolute Gasteiger partial charge is 0.330 e. The second-order valence-electron chi connectivity index (χ2n) is 4.31. The molecule has 0 spiro atoms. The molecule has 0 radical (unpaired) electrons. The van der Waals surface area contributed by atoms with Crippen molar-refractivity contribution < 1.29 is 0 Å². The van der Waals surface area contributed by atoms with Gasteiger partial charge in [0.1, 0.15) is 0 Å². The van der Waals surface area contributed by atoms with E-state index in [-0.39, 0.29) is 0 Å². The summed E-state index contributed by atoms with van der Waals surface area (Å²) < 4.78 is 0. The highest BCUT2D eigenvalue weighted by Gasteiger charge is 2.28. The van der Waals surface area contributed by atoms with Gasteiger partial charge in [-0.15, -0.1) is 0 Å². The van der Waals surface area contributed by atoms with Crippen molar-refractivity contribution in [3.63, 3.8) is 0 Å². The van der Waals surface area contributed by atoms with Gasteiger partial charge in [-0.25, -0.2) is 0 Å². The van der Waals surface area contributed by atoms with Gasteiger partial charge < -0.3 is 16.8 Å². The molecule has 3 atom stereocenters. The first kappa shape index (κ1) is 11.9. The van der Waals surface area contributed by atoms with Gasteiger partial charge in [0.2, 0.25) is 0 Å². The van der Waals surface area contributed by atoms with Gasteiger partial charge in [0.25, 0.3) is 0 Å². The fourth-order valence-electron chi connectivity index (χ4n) is 2.11. The number of nitrogens with zero attached hydrogens (tertiary/aromatic N) is 1. The number of nitrogens with two attached hydrogens (primary N) is 2. The van der Waals surface area contributed by atoms with Gasteiger partial charge in [0, 0.05) is 38.3 Å². The molecule has 1 aliphatic heterocycles. The Hall–Kier alpha value is -0.160. The summed E-state index contributed by atoms with van der Waals surface area (Å²) in [6, 6.07) is 1.02. The number of rotatable bonds is 4. The van der Waals surface area contributed by atoms with Crippen LogP contribution in [0.1, 0.15) is 13.8 Å². The van der Waals surface area contributed by atoms with Crippen molar-refractivity contribution in [3.05, 3.63) is 0 Å². The van der Waals surface area contributed by atoms with Crippen molar-refractivity contribution in [1.82, 2.24) is 10.2 Å². The Morgan fingerprint density at radius 1 is 1.36 bits per heavy atom. The molecule has 0 saturated carbocycles. The van der Waals surface area contributed by atoms with Gasteiger partial charge in [-0.05, 0) is 19.4 Å². The topological polar surface area (TPSA) is 67.3 Å². The second-order valence-corrected chi connectivity index (χ2v) is 4.31. The van der Waals surface area contributed by atoms with E-state index in [1.54, 1.807) is 0 Å². The van der Waals surface area contributed by atoms with Gasteiger partial charge in [-0.2, -0.15) is 0 Å². The normalized spacial score (nSPS) is 28.7. The smallest absolute Gasteiger partial charge is 0.0262 e. The van der Waals surface area contributed by atoms with Crippen LogP contribution in [0.15, 0.2) is 0 Å². The third kappa shape index (κ3) is 2.67. The van der Waals surface area contributed by atoms with Crippen LogP contribution in [-0.2, 0) is 0 Å². The molecule has 1 rings (SSSR count). The summed E-state index contributed by atoms with van der Waals surface area (Å²) in [7, 11) is 0. The molecule has 4 nitrogen and oxygen atoms in total. The summed E-state index contributed by atoms with van der Waals surface area (Å²) in [6.07, 6.45) is 0. The molecule has 1 aliphatic rings. The molecule has 0 aromatic heterocycles. The van der Waals surface area contributed by atoms with Crippen LogP contribution in [-0.4, -0.2) is 49.7 Å². The molecular formula is C10H24N4. The summed E-state index contributed by atoms with van der Waals surface area (Å²) >= 11 is 0. The van der Waals surface area contributed by atoms with Crippen molar-refractivity contribution in [2.45, 2.75) is 25.9 Å². The Balaban J connectivity index is 2.58. The number of hydrogen-bond acceptors (Lipinski definition) is 4. The molecule has 4 heteroatoms. The summed E-state index contributed by atoms with van der Waals surface area (Å²) in [4.78, 5) is 2.49. The zero-order chi connectivity index (χ0) is 10.6. The fraction of sp³-hybridized carbons (Fsp3) is 1.00. The molecule has 0 bridgehead atoms. The minimum atomic E-state index is 0.469. The quantitative estimate of drug-likeness (QED) is 0.556. The third-order valence-electron chi connectivity index (χ3n) is 3.26. The monoisotopic (exact) mass is 200 g/mol. The van der Waals surface area contributed by atoms with E-state index in [1.807, 2.05) is 0 Å². The lowest BCUT2D eigenvalue weighted by Gasteiger charge is -2.42. The van der Waals surface area contributed by atoms with Crippen molar-refractivity contribution in [3.8, 4) is 0 Å². The maximum absolute atomic E-state index is 5.72. The molecule has 84 valence electrons. The Labute approximate surface area is 87.0 Å². The highest BCUT2D eigenvalue weighted by Crippen LogP contribution is 2.15. The Morgan fingerprint density at radius 3 is 2.64 bits per heavy atom. The molecule has 0 amide bonds. The average Bonchev–Trinajstić information content (AvgIpc) is 2.27. The fourth-order valence-corrected chi connectivity index (χ4v) is 2.11. The van der Waals surface area contributed by atoms with Gasteiger partial charge >= 0.3 is 0 Å². The summed E-state index contributed by atoms with van der Waals surface area (Å²) in [5.74, 6) is 0.539. The predicted octanol–water partition coefficient (Wildman–Crippen LogP) is -0.798. The molecule has 3 unspecified atom stereocenters. The van der Waals surface area contributed by atoms with E-state index in [1.165, 1.54) is 0 Å². The summed E-state index contributed by atoms with van der Waals surface area (Å²) in [5.41, 5.74) is 11.4. The van der Waals surface area contributed by atoms with Crippen LogP contribution < -0.4 is 16.8 Å². The molecule has 1 saturated heterocycles. The highest BCUT2D eigenvalue weighted by molar-refractivity contribution is 4.87. The van der Waals surface area contributed by atoms with Crippen molar-refractivity contribution in [1.29, 1.82) is 0 Å². The van der Waals surface area contributed by atoms with Crippen LogP contribution in [0.4, 0.5) is 0 Å². The highest BCUT2D eigenvalue weighted by atomic mass is 15.2. The first-order valence-corrected chi connectivity index (χ1v) is 5.57. The lowest BCUT2D eigenvalue weighted by molar-refractivity contribution is 0.0850. The van der Waals surface area contributed by atoms with Crippen LogP contribution in [0.5, 0.6) is 0 Å². The van der Waals surface area contributed by atoms with Gasteiger partial charge in [-0.3, -0.25) is 4.90 Å². The maximum atomic E-state index is 5.72. The van der Waals surface area contributed by atoms with Crippen molar-refractivity contribution in [2.24, 2.45) is 17.4 Å². The lowest BCUT2D eigenvalue weighted by atomic mass is 9.97. The van der Waals surface area contributed by atoms with Crippen LogP contribution in [0.25, 0.3) is 0 Å². The molecule has 1 fully saturated rings. The number of piperazine rings is 1. The number of hydrogen-bond donors (Lipinski definition) is 3. The first-order valence-electron chi connectivity index (χ1n) is 5.57. The van der Waals surface area contributed by atoms with E-state index < -0.39 is 0 Å². The zero-order valence-electron chi connectivity index (χ0n) is 9.37. The van der Waals surface area contributed by atoms with E-state index in [2.05, 4.69) is 24.1 Å². The van der Waals surface area contributed by atoms with E-state index in [0.29, 0.717) is 18.0 Å². The average molecular weight is 200 g/mol. The minimum absolute atomic E-state index is 0.469. The molecule has 0 aromatic carbocycles. The third-order valence-corrected chi connectivity index (χ3v) is 3.26. The summed E-state index contributed by atoms with van der Waals surface area (Å²) in [5, 5.41) is 3.42. The molecule has 1 heterocycles. The molecular weight excluding hydrogens is 176 g/mol. The van der Waals surface area contributed by atoms with Crippen LogP contribution in [0, 0.1) is 5.92 Å². The van der Waals surface area contributed by atoms with Crippen molar-refractivity contribution in [2.75, 3.05) is 32.7 Å². The van der Waals surface area contributed by atoms with Crippen LogP contribution in [0.2, 0.25) is 0 Å². The Morgan fingerprint density at radius 2 is 2.07 bits per heavy atom. The van der Waals surface area contributed by atoms with Gasteiger partial charge in [0.15, 0.2) is 0 Å². The van der Waals surface area contributed by atoms with E-state index in [4.69, 9.17) is 11.5 Å². The van der Waals surface area contributed by atoms with Crippen molar-refractivity contribution >= 4 is 0 Å². The minimum Gasteiger partial charge on any atom is -0.330 e. The summed E-state index contributed by atoms with van der Waals surface area (Å²) in [6.45, 7) is 9.09.